The molecule has 3 N–H and O–H groups in total. The number of carbonyl (C=O) groups is 1. The van der Waals surface area contributed by atoms with Crippen molar-refractivity contribution in [2.24, 2.45) is 0 Å². The number of carbonyl (C=O) groups excluding carboxylic acids is 1. The molecular weight excluding hydrogens is 317 g/mol. The predicted octanol–water partition coefficient (Wildman–Crippen LogP) is 1.56. The Kier molecular flexibility index (Phi) is 11.3. The second-order valence-corrected chi connectivity index (χ2v) is 5.17. The van der Waals surface area contributed by atoms with Gasteiger partial charge in [0.25, 0.3) is 0 Å². The van der Waals surface area contributed by atoms with Gasteiger partial charge in [0.15, 0.2) is 0 Å². The summed E-state index contributed by atoms with van der Waals surface area (Å²) in [6.07, 6.45) is 0.858. The third-order valence-electron chi connectivity index (χ3n) is 2.56. The van der Waals surface area contributed by atoms with E-state index in [1.54, 1.807) is 17.0 Å². The first-order valence-corrected chi connectivity index (χ1v) is 7.21. The van der Waals surface area contributed by atoms with Crippen molar-refractivity contribution in [2.75, 3.05) is 26.8 Å². The number of halogens is 2. The van der Waals surface area contributed by atoms with Crippen molar-refractivity contribution >= 4 is 29.1 Å². The highest BCUT2D eigenvalue weighted by Crippen LogP contribution is 2.19. The number of nitrogens with zero attached hydrogens (tertiary/aromatic N) is 1. The zero-order chi connectivity index (χ0) is 16.3. The predicted molar refractivity (Wildman–Crippen MR) is 83.5 cm³/mol. The molecule has 1 amide bonds. The minimum atomic E-state index is -0.954. The molecule has 2 rings (SSSR count). The van der Waals surface area contributed by atoms with Crippen molar-refractivity contribution in [3.8, 4) is 0 Å². The molecule has 1 aromatic rings. The molecule has 0 saturated carbocycles. The van der Waals surface area contributed by atoms with Crippen molar-refractivity contribution in [2.45, 2.75) is 18.9 Å². The van der Waals surface area contributed by atoms with Crippen LogP contribution in [-0.2, 0) is 4.79 Å². The first-order valence-electron chi connectivity index (χ1n) is 6.46. The van der Waals surface area contributed by atoms with Crippen molar-refractivity contribution in [3.63, 3.8) is 0 Å². The van der Waals surface area contributed by atoms with E-state index in [1.807, 2.05) is 19.2 Å². The molecule has 0 aliphatic carbocycles. The number of hydrogen-bond acceptors (Lipinski definition) is 4. The summed E-state index contributed by atoms with van der Waals surface area (Å²) in [6.45, 7) is 0.228. The Morgan fingerprint density at radius 2 is 1.67 bits per heavy atom. The van der Waals surface area contributed by atoms with Crippen LogP contribution in [0.1, 0.15) is 12.8 Å². The fourth-order valence-electron chi connectivity index (χ4n) is 1.28. The molecule has 0 radical (unpaired) electrons. The van der Waals surface area contributed by atoms with Gasteiger partial charge in [-0.1, -0.05) is 35.3 Å². The average Bonchev–Trinajstić information content (AvgIpc) is 2.86. The zero-order valence-electron chi connectivity index (χ0n) is 11.9. The standard InChI is InChI=1S/C6H4Cl2.C5H9NO.C3H8O3/c7-5-3-1-2-4-6(5)8;1-6-4-2-3-5(6)7;4-1-3(6)2-5/h1-4H;2-4H2,1H3;3-6H,1-2H2. The van der Waals surface area contributed by atoms with Gasteiger partial charge in [-0.05, 0) is 18.6 Å². The van der Waals surface area contributed by atoms with Gasteiger partial charge in [0, 0.05) is 20.0 Å². The highest BCUT2D eigenvalue weighted by molar-refractivity contribution is 6.41. The molecule has 1 aliphatic heterocycles. The van der Waals surface area contributed by atoms with E-state index >= 15 is 0 Å². The summed E-state index contributed by atoms with van der Waals surface area (Å²) in [6, 6.07) is 7.19. The molecule has 1 aromatic carbocycles. The number of aliphatic hydroxyl groups is 3. The molecule has 1 fully saturated rings. The van der Waals surface area contributed by atoms with Crippen molar-refractivity contribution in [3.05, 3.63) is 34.3 Å². The summed E-state index contributed by atoms with van der Waals surface area (Å²) >= 11 is 11.2. The van der Waals surface area contributed by atoms with Gasteiger partial charge in [-0.3, -0.25) is 4.79 Å². The first-order chi connectivity index (χ1) is 9.92. The maximum absolute atomic E-state index is 10.5. The second kappa shape index (κ2) is 11.8. The smallest absolute Gasteiger partial charge is 0.222 e. The quantitative estimate of drug-likeness (QED) is 0.765. The van der Waals surface area contributed by atoms with E-state index in [-0.39, 0.29) is 13.2 Å². The van der Waals surface area contributed by atoms with Gasteiger partial charge in [0.2, 0.25) is 5.91 Å². The zero-order valence-corrected chi connectivity index (χ0v) is 13.4. The maximum Gasteiger partial charge on any atom is 0.222 e. The normalized spacial score (nSPS) is 13.5. The number of rotatable bonds is 2. The van der Waals surface area contributed by atoms with Gasteiger partial charge in [0.05, 0.1) is 23.3 Å². The van der Waals surface area contributed by atoms with E-state index in [0.717, 1.165) is 19.4 Å². The van der Waals surface area contributed by atoms with Crippen molar-refractivity contribution < 1.29 is 20.1 Å². The van der Waals surface area contributed by atoms with E-state index in [4.69, 9.17) is 38.5 Å². The topological polar surface area (TPSA) is 81.0 Å². The van der Waals surface area contributed by atoms with Crippen LogP contribution in [-0.4, -0.2) is 59.0 Å². The van der Waals surface area contributed by atoms with Crippen LogP contribution in [0.2, 0.25) is 10.0 Å². The number of likely N-dealkylation sites (tertiary alicyclic amines) is 1. The third-order valence-corrected chi connectivity index (χ3v) is 3.31. The lowest BCUT2D eigenvalue weighted by atomic mass is 10.4. The summed E-state index contributed by atoms with van der Waals surface area (Å²) in [7, 11) is 1.84. The third kappa shape index (κ3) is 9.66. The SMILES string of the molecule is CN1CCCC1=O.Clc1ccccc1Cl.OCC(O)CO. The molecule has 0 bridgehead atoms. The minimum absolute atomic E-state index is 0.292. The Balaban J connectivity index is 0.000000290. The molecule has 1 heterocycles. The molecule has 0 aromatic heterocycles. The molecule has 1 saturated heterocycles. The fraction of sp³-hybridized carbons (Fsp3) is 0.500. The highest BCUT2D eigenvalue weighted by atomic mass is 35.5. The lowest BCUT2D eigenvalue weighted by molar-refractivity contribution is -0.126. The van der Waals surface area contributed by atoms with Gasteiger partial charge in [-0.15, -0.1) is 0 Å². The summed E-state index contributed by atoms with van der Waals surface area (Å²) in [4.78, 5) is 12.3. The Morgan fingerprint density at radius 3 is 1.81 bits per heavy atom. The summed E-state index contributed by atoms with van der Waals surface area (Å²) in [5.74, 6) is 0.292. The Labute approximate surface area is 134 Å². The van der Waals surface area contributed by atoms with E-state index < -0.39 is 6.10 Å². The summed E-state index contributed by atoms with van der Waals surface area (Å²) in [5.41, 5.74) is 0. The average molecular weight is 338 g/mol. The van der Waals surface area contributed by atoms with Gasteiger partial charge in [-0.25, -0.2) is 0 Å². The van der Waals surface area contributed by atoms with Gasteiger partial charge >= 0.3 is 0 Å². The largest absolute Gasteiger partial charge is 0.394 e. The van der Waals surface area contributed by atoms with Crippen LogP contribution in [0.4, 0.5) is 0 Å². The number of aliphatic hydroxyl groups excluding tert-OH is 3. The summed E-state index contributed by atoms with van der Waals surface area (Å²) < 4.78 is 0. The molecule has 21 heavy (non-hydrogen) atoms. The molecule has 7 heteroatoms. The molecule has 5 nitrogen and oxygen atoms in total. The Morgan fingerprint density at radius 1 is 1.19 bits per heavy atom. The van der Waals surface area contributed by atoms with Gasteiger partial charge in [0.1, 0.15) is 6.10 Å². The molecule has 120 valence electrons. The number of amides is 1. The monoisotopic (exact) mass is 337 g/mol. The lowest BCUT2D eigenvalue weighted by Gasteiger charge is -2.03. The van der Waals surface area contributed by atoms with Crippen LogP contribution in [0.25, 0.3) is 0 Å². The van der Waals surface area contributed by atoms with Crippen molar-refractivity contribution in [1.29, 1.82) is 0 Å². The van der Waals surface area contributed by atoms with Crippen LogP contribution in [0.3, 0.4) is 0 Å². The molecular formula is C14H21Cl2NO4. The van der Waals surface area contributed by atoms with Crippen molar-refractivity contribution in [1.82, 2.24) is 4.90 Å². The van der Waals surface area contributed by atoms with E-state index in [1.165, 1.54) is 0 Å². The Hall–Kier alpha value is -0.850. The van der Waals surface area contributed by atoms with Gasteiger partial charge in [-0.2, -0.15) is 0 Å². The minimum Gasteiger partial charge on any atom is -0.394 e. The highest BCUT2D eigenvalue weighted by Gasteiger charge is 2.14. The molecule has 0 atom stereocenters. The van der Waals surface area contributed by atoms with E-state index in [2.05, 4.69) is 0 Å². The molecule has 0 unspecified atom stereocenters. The lowest BCUT2D eigenvalue weighted by Crippen LogP contribution is -2.17. The maximum atomic E-state index is 10.5. The Bertz CT molecular complexity index is 393. The van der Waals surface area contributed by atoms with E-state index in [0.29, 0.717) is 16.0 Å². The summed E-state index contributed by atoms with van der Waals surface area (Å²) in [5, 5.41) is 25.2. The number of hydrogen-bond donors (Lipinski definition) is 3. The van der Waals surface area contributed by atoms with E-state index in [9.17, 15) is 4.79 Å². The molecule has 1 aliphatic rings. The second-order valence-electron chi connectivity index (χ2n) is 4.35. The first kappa shape index (κ1) is 20.1. The fourth-order valence-corrected chi connectivity index (χ4v) is 1.55. The van der Waals surface area contributed by atoms with Crippen LogP contribution >= 0.6 is 23.2 Å². The van der Waals surface area contributed by atoms with Crippen LogP contribution < -0.4 is 0 Å². The molecule has 0 spiro atoms. The van der Waals surface area contributed by atoms with Crippen LogP contribution in [0.5, 0.6) is 0 Å². The number of benzene rings is 1. The van der Waals surface area contributed by atoms with Crippen LogP contribution in [0, 0.1) is 0 Å². The van der Waals surface area contributed by atoms with Gasteiger partial charge < -0.3 is 20.2 Å². The van der Waals surface area contributed by atoms with Crippen LogP contribution in [0.15, 0.2) is 24.3 Å².